The molecule has 2 aliphatic rings. The van der Waals surface area contributed by atoms with Crippen molar-refractivity contribution in [2.75, 3.05) is 20.1 Å². The van der Waals surface area contributed by atoms with Crippen LogP contribution in [0.1, 0.15) is 78.1 Å². The Labute approximate surface area is 126 Å². The van der Waals surface area contributed by atoms with Gasteiger partial charge >= 0.3 is 0 Å². The Morgan fingerprint density at radius 3 is 2.50 bits per heavy atom. The molecule has 0 radical (unpaired) electrons. The van der Waals surface area contributed by atoms with E-state index in [2.05, 4.69) is 31.1 Å². The minimum Gasteiger partial charge on any atom is -0.314 e. The molecule has 0 amide bonds. The maximum atomic E-state index is 3.81. The van der Waals surface area contributed by atoms with Crippen LogP contribution >= 0.6 is 0 Å². The van der Waals surface area contributed by atoms with Crippen molar-refractivity contribution in [1.82, 2.24) is 10.2 Å². The molecule has 2 aliphatic carbocycles. The normalized spacial score (nSPS) is 27.9. The number of hydrogen-bond donors (Lipinski definition) is 1. The van der Waals surface area contributed by atoms with E-state index in [1.165, 1.54) is 77.3 Å². The maximum Gasteiger partial charge on any atom is 0.00922 e. The van der Waals surface area contributed by atoms with E-state index in [1.807, 2.05) is 0 Å². The van der Waals surface area contributed by atoms with E-state index >= 15 is 0 Å². The lowest BCUT2D eigenvalue weighted by atomic mass is 9.75. The van der Waals surface area contributed by atoms with Crippen molar-refractivity contribution in [1.29, 1.82) is 0 Å². The van der Waals surface area contributed by atoms with Crippen molar-refractivity contribution in [2.24, 2.45) is 5.41 Å². The summed E-state index contributed by atoms with van der Waals surface area (Å²) in [7, 11) is 2.33. The fourth-order valence-corrected chi connectivity index (χ4v) is 4.21. The maximum absolute atomic E-state index is 3.81. The van der Waals surface area contributed by atoms with E-state index in [0.717, 1.165) is 12.1 Å². The fraction of sp³-hybridized carbons (Fsp3) is 1.00. The molecule has 0 spiro atoms. The minimum atomic E-state index is 0.564. The molecule has 1 atom stereocenters. The van der Waals surface area contributed by atoms with Crippen molar-refractivity contribution < 1.29 is 0 Å². The van der Waals surface area contributed by atoms with Crippen molar-refractivity contribution in [2.45, 2.75) is 90.1 Å². The second kappa shape index (κ2) is 7.79. The topological polar surface area (TPSA) is 15.3 Å². The Kier molecular flexibility index (Phi) is 6.35. The Morgan fingerprint density at radius 2 is 1.80 bits per heavy atom. The summed E-state index contributed by atoms with van der Waals surface area (Å²) in [5, 5.41) is 3.81. The van der Waals surface area contributed by atoms with Gasteiger partial charge in [-0.15, -0.1) is 0 Å². The van der Waals surface area contributed by atoms with Gasteiger partial charge in [-0.25, -0.2) is 0 Å². The summed E-state index contributed by atoms with van der Waals surface area (Å²) in [5.41, 5.74) is 0.564. The van der Waals surface area contributed by atoms with Crippen LogP contribution in [0.2, 0.25) is 0 Å². The SMILES string of the molecule is CN(CCCNC1CCCC(C)(C)C1)C1CCCCC1. The molecule has 1 unspecified atom stereocenters. The Hall–Kier alpha value is -0.0800. The molecular formula is C18H36N2. The molecule has 0 aliphatic heterocycles. The van der Waals surface area contributed by atoms with Crippen LogP contribution in [0.25, 0.3) is 0 Å². The molecule has 2 heteroatoms. The average molecular weight is 280 g/mol. The van der Waals surface area contributed by atoms with Gasteiger partial charge in [0.1, 0.15) is 0 Å². The van der Waals surface area contributed by atoms with Gasteiger partial charge in [0, 0.05) is 12.1 Å². The monoisotopic (exact) mass is 280 g/mol. The van der Waals surface area contributed by atoms with Gasteiger partial charge in [-0.2, -0.15) is 0 Å². The second-order valence-electron chi connectivity index (χ2n) is 8.04. The van der Waals surface area contributed by atoms with E-state index in [4.69, 9.17) is 0 Å². The van der Waals surface area contributed by atoms with Crippen LogP contribution in [0.3, 0.4) is 0 Å². The smallest absolute Gasteiger partial charge is 0.00922 e. The number of hydrogen-bond acceptors (Lipinski definition) is 2. The van der Waals surface area contributed by atoms with Crippen molar-refractivity contribution in [3.8, 4) is 0 Å². The summed E-state index contributed by atoms with van der Waals surface area (Å²) in [6.07, 6.45) is 14.1. The van der Waals surface area contributed by atoms with Gasteiger partial charge in [0.15, 0.2) is 0 Å². The first kappa shape index (κ1) is 16.3. The molecule has 2 rings (SSSR count). The van der Waals surface area contributed by atoms with Gasteiger partial charge in [-0.3, -0.25) is 0 Å². The lowest BCUT2D eigenvalue weighted by molar-refractivity contribution is 0.180. The van der Waals surface area contributed by atoms with Crippen LogP contribution in [-0.2, 0) is 0 Å². The standard InChI is InChI=1S/C18H36N2/c1-18(2)12-7-9-16(15-18)19-13-8-14-20(3)17-10-5-4-6-11-17/h16-17,19H,4-15H2,1-3H3. The highest BCUT2D eigenvalue weighted by atomic mass is 15.1. The lowest BCUT2D eigenvalue weighted by Gasteiger charge is -2.36. The molecule has 2 fully saturated rings. The Morgan fingerprint density at radius 1 is 1.05 bits per heavy atom. The summed E-state index contributed by atoms with van der Waals surface area (Å²) in [6.45, 7) is 7.33. The predicted molar refractivity (Wildman–Crippen MR) is 88.2 cm³/mol. The summed E-state index contributed by atoms with van der Waals surface area (Å²) < 4.78 is 0. The van der Waals surface area contributed by atoms with E-state index in [0.29, 0.717) is 5.41 Å². The fourth-order valence-electron chi connectivity index (χ4n) is 4.21. The Balaban J connectivity index is 1.56. The molecule has 0 bridgehead atoms. The molecule has 20 heavy (non-hydrogen) atoms. The van der Waals surface area contributed by atoms with Crippen LogP contribution in [0.5, 0.6) is 0 Å². The average Bonchev–Trinajstić information content (AvgIpc) is 2.43. The molecule has 2 saturated carbocycles. The third kappa shape index (κ3) is 5.37. The van der Waals surface area contributed by atoms with E-state index in [1.54, 1.807) is 0 Å². The van der Waals surface area contributed by atoms with Gasteiger partial charge in [0.25, 0.3) is 0 Å². The zero-order valence-electron chi connectivity index (χ0n) is 14.1. The predicted octanol–water partition coefficient (Wildman–Crippen LogP) is 4.20. The minimum absolute atomic E-state index is 0.564. The highest BCUT2D eigenvalue weighted by Crippen LogP contribution is 2.35. The third-order valence-corrected chi connectivity index (χ3v) is 5.52. The van der Waals surface area contributed by atoms with Gasteiger partial charge in [-0.05, 0) is 64.1 Å². The largest absolute Gasteiger partial charge is 0.314 e. The summed E-state index contributed by atoms with van der Waals surface area (Å²) in [4.78, 5) is 2.62. The van der Waals surface area contributed by atoms with Crippen molar-refractivity contribution >= 4 is 0 Å². The highest BCUT2D eigenvalue weighted by Gasteiger charge is 2.27. The molecular weight excluding hydrogens is 244 g/mol. The lowest BCUT2D eigenvalue weighted by Crippen LogP contribution is -2.39. The summed E-state index contributed by atoms with van der Waals surface area (Å²) >= 11 is 0. The number of nitrogens with one attached hydrogen (secondary N) is 1. The first-order valence-corrected chi connectivity index (χ1v) is 9.00. The van der Waals surface area contributed by atoms with Crippen LogP contribution in [0.15, 0.2) is 0 Å². The molecule has 1 N–H and O–H groups in total. The molecule has 2 nitrogen and oxygen atoms in total. The molecule has 0 saturated heterocycles. The zero-order chi connectivity index (χ0) is 14.4. The molecule has 0 aromatic carbocycles. The molecule has 118 valence electrons. The molecule has 0 heterocycles. The number of nitrogens with zero attached hydrogens (tertiary/aromatic N) is 1. The quantitative estimate of drug-likeness (QED) is 0.734. The van der Waals surface area contributed by atoms with Crippen molar-refractivity contribution in [3.63, 3.8) is 0 Å². The van der Waals surface area contributed by atoms with Crippen molar-refractivity contribution in [3.05, 3.63) is 0 Å². The summed E-state index contributed by atoms with van der Waals surface area (Å²) in [5.74, 6) is 0. The zero-order valence-corrected chi connectivity index (χ0v) is 14.1. The number of rotatable bonds is 6. The second-order valence-corrected chi connectivity index (χ2v) is 8.04. The van der Waals surface area contributed by atoms with Crippen LogP contribution in [-0.4, -0.2) is 37.1 Å². The summed E-state index contributed by atoms with van der Waals surface area (Å²) in [6, 6.07) is 1.65. The van der Waals surface area contributed by atoms with E-state index in [-0.39, 0.29) is 0 Å². The van der Waals surface area contributed by atoms with Gasteiger partial charge in [-0.1, -0.05) is 39.5 Å². The molecule has 0 aromatic rings. The van der Waals surface area contributed by atoms with Crippen LogP contribution in [0.4, 0.5) is 0 Å². The van der Waals surface area contributed by atoms with Gasteiger partial charge in [0.05, 0.1) is 0 Å². The first-order valence-electron chi connectivity index (χ1n) is 9.00. The Bertz CT molecular complexity index is 269. The third-order valence-electron chi connectivity index (χ3n) is 5.52. The first-order chi connectivity index (χ1) is 9.57. The van der Waals surface area contributed by atoms with Gasteiger partial charge < -0.3 is 10.2 Å². The van der Waals surface area contributed by atoms with Gasteiger partial charge in [0.2, 0.25) is 0 Å². The molecule has 0 aromatic heterocycles. The van der Waals surface area contributed by atoms with Crippen LogP contribution in [0, 0.1) is 5.41 Å². The highest BCUT2D eigenvalue weighted by molar-refractivity contribution is 4.83. The van der Waals surface area contributed by atoms with E-state index < -0.39 is 0 Å². The van der Waals surface area contributed by atoms with E-state index in [9.17, 15) is 0 Å². The van der Waals surface area contributed by atoms with Crippen LogP contribution < -0.4 is 5.32 Å².